The number of hydrogen-bond donors (Lipinski definition) is 2. The van der Waals surface area contributed by atoms with Gasteiger partial charge in [-0.1, -0.05) is 0 Å². The predicted octanol–water partition coefficient (Wildman–Crippen LogP) is 0.404. The normalized spacial score (nSPS) is 8.40. The van der Waals surface area contributed by atoms with Gasteiger partial charge in [0.25, 0.3) is 0 Å². The van der Waals surface area contributed by atoms with Gasteiger partial charge in [-0.05, 0) is 19.3 Å². The second kappa shape index (κ2) is 15.9. The molecule has 0 unspecified atom stereocenters. The maximum atomic E-state index is 8.21. The van der Waals surface area contributed by atoms with Crippen LogP contribution in [0.5, 0.6) is 0 Å². The highest BCUT2D eigenvalue weighted by molar-refractivity contribution is 4.35. The maximum absolute atomic E-state index is 8.21. The van der Waals surface area contributed by atoms with E-state index in [2.05, 4.69) is 4.74 Å². The van der Waals surface area contributed by atoms with Gasteiger partial charge in [-0.15, -0.1) is 0 Å². The van der Waals surface area contributed by atoms with Crippen molar-refractivity contribution in [2.24, 2.45) is 0 Å². The van der Waals surface area contributed by atoms with Crippen LogP contribution < -0.4 is 0 Å². The molecule has 2 N–H and O–H groups in total. The lowest BCUT2D eigenvalue weighted by Gasteiger charge is -1.90. The Morgan fingerprint density at radius 3 is 1.40 bits per heavy atom. The molecule has 0 amide bonds. The van der Waals surface area contributed by atoms with Crippen LogP contribution in [0, 0.1) is 0 Å². The third kappa shape index (κ3) is 24.8. The van der Waals surface area contributed by atoms with E-state index in [9.17, 15) is 0 Å². The molecule has 10 heavy (non-hydrogen) atoms. The summed E-state index contributed by atoms with van der Waals surface area (Å²) < 4.78 is 4.25. The Morgan fingerprint density at radius 1 is 0.900 bits per heavy atom. The second-order valence-corrected chi connectivity index (χ2v) is 1.92. The van der Waals surface area contributed by atoms with Crippen molar-refractivity contribution in [3.8, 4) is 0 Å². The van der Waals surface area contributed by atoms with Crippen molar-refractivity contribution in [3.63, 3.8) is 0 Å². The Kier molecular flexibility index (Phi) is 20.0. The summed E-state index contributed by atoms with van der Waals surface area (Å²) >= 11 is 0. The van der Waals surface area contributed by atoms with Crippen LogP contribution in [-0.2, 0) is 4.74 Å². The van der Waals surface area contributed by atoms with E-state index in [1.807, 2.05) is 0 Å². The van der Waals surface area contributed by atoms with Crippen LogP contribution in [0.4, 0.5) is 0 Å². The molecular formula is C7H18O3. The Hall–Kier alpha value is -0.120. The average molecular weight is 150 g/mol. The summed E-state index contributed by atoms with van der Waals surface area (Å²) in [4.78, 5) is 0. The van der Waals surface area contributed by atoms with E-state index in [1.54, 1.807) is 14.2 Å². The molecule has 64 valence electrons. The molecule has 0 aliphatic rings. The third-order valence-electron chi connectivity index (χ3n) is 0.816. The van der Waals surface area contributed by atoms with E-state index in [1.165, 1.54) is 0 Å². The number of aliphatic hydroxyl groups excluding tert-OH is 2. The first-order valence-electron chi connectivity index (χ1n) is 3.45. The van der Waals surface area contributed by atoms with Gasteiger partial charge in [-0.3, -0.25) is 0 Å². The van der Waals surface area contributed by atoms with Gasteiger partial charge in [0.1, 0.15) is 0 Å². The highest BCUT2D eigenvalue weighted by Gasteiger charge is 1.81. The molecule has 0 bridgehead atoms. The highest BCUT2D eigenvalue weighted by Crippen LogP contribution is 1.90. The summed E-state index contributed by atoms with van der Waals surface area (Å²) in [5.41, 5.74) is 0. The number of unbranched alkanes of at least 4 members (excludes halogenated alkanes) is 2. The van der Waals surface area contributed by atoms with Gasteiger partial charge in [-0.25, -0.2) is 0 Å². The number of ether oxygens (including phenoxy) is 1. The van der Waals surface area contributed by atoms with E-state index < -0.39 is 0 Å². The van der Waals surface area contributed by atoms with Gasteiger partial charge >= 0.3 is 0 Å². The molecule has 0 aromatic carbocycles. The summed E-state index contributed by atoms with van der Waals surface area (Å²) in [5.74, 6) is 0. The zero-order chi connectivity index (χ0) is 8.24. The Bertz CT molecular complexity index is 35.8. The molecule has 3 nitrogen and oxygen atoms in total. The molecule has 0 aromatic rings. The summed E-state index contributed by atoms with van der Waals surface area (Å²) in [5, 5.41) is 16.4. The van der Waals surface area contributed by atoms with E-state index in [4.69, 9.17) is 10.2 Å². The third-order valence-corrected chi connectivity index (χ3v) is 0.816. The smallest absolute Gasteiger partial charge is 0.0431 e. The van der Waals surface area contributed by atoms with Crippen LogP contribution in [0.3, 0.4) is 0 Å². The largest absolute Gasteiger partial charge is 0.396 e. The monoisotopic (exact) mass is 150 g/mol. The molecule has 0 saturated heterocycles. The Labute approximate surface area is 62.6 Å². The van der Waals surface area contributed by atoms with E-state index >= 15 is 0 Å². The van der Waals surface area contributed by atoms with Crippen molar-refractivity contribution in [3.05, 3.63) is 0 Å². The van der Waals surface area contributed by atoms with Gasteiger partial charge in [0.05, 0.1) is 0 Å². The number of methoxy groups -OCH3 is 1. The zero-order valence-corrected chi connectivity index (χ0v) is 6.84. The van der Waals surface area contributed by atoms with Crippen LogP contribution in [0.15, 0.2) is 0 Å². The predicted molar refractivity (Wildman–Crippen MR) is 41.0 cm³/mol. The lowest BCUT2D eigenvalue weighted by Crippen LogP contribution is -1.85. The van der Waals surface area contributed by atoms with Crippen molar-refractivity contribution in [1.29, 1.82) is 0 Å². The lowest BCUT2D eigenvalue weighted by molar-refractivity contribution is 0.257. The molecule has 0 saturated carbocycles. The molecule has 0 aliphatic carbocycles. The Balaban J connectivity index is 0. The molecule has 0 aromatic heterocycles. The van der Waals surface area contributed by atoms with Crippen LogP contribution in [0.25, 0.3) is 0 Å². The summed E-state index contributed by atoms with van der Waals surface area (Å²) in [6, 6.07) is 0. The number of rotatable bonds is 4. The van der Waals surface area contributed by atoms with Gasteiger partial charge in [-0.2, -0.15) is 0 Å². The van der Waals surface area contributed by atoms with E-state index in [-0.39, 0.29) is 13.2 Å². The minimum atomic E-state index is 0.250. The topological polar surface area (TPSA) is 49.7 Å². The van der Waals surface area contributed by atoms with Gasteiger partial charge in [0.15, 0.2) is 0 Å². The molecule has 0 heterocycles. The van der Waals surface area contributed by atoms with E-state index in [0.717, 1.165) is 19.3 Å². The molecule has 0 aliphatic heterocycles. The molecule has 0 atom stereocenters. The first kappa shape index (κ1) is 12.5. The van der Waals surface area contributed by atoms with Crippen molar-refractivity contribution >= 4 is 0 Å². The van der Waals surface area contributed by atoms with Crippen molar-refractivity contribution in [2.75, 3.05) is 27.4 Å². The fraction of sp³-hybridized carbons (Fsp3) is 1.00. The maximum Gasteiger partial charge on any atom is 0.0431 e. The molecule has 0 fully saturated rings. The summed E-state index contributed by atoms with van der Waals surface area (Å²) in [6.07, 6.45) is 2.58. The average Bonchev–Trinajstić information content (AvgIpc) is 1.91. The Morgan fingerprint density at radius 2 is 1.20 bits per heavy atom. The van der Waals surface area contributed by atoms with Crippen LogP contribution >= 0.6 is 0 Å². The number of aliphatic hydroxyl groups is 2. The van der Waals surface area contributed by atoms with Crippen molar-refractivity contribution < 1.29 is 14.9 Å². The summed E-state index contributed by atoms with van der Waals surface area (Å²) in [6.45, 7) is 0.500. The zero-order valence-electron chi connectivity index (χ0n) is 6.84. The molecule has 0 spiro atoms. The molecule has 0 rings (SSSR count). The van der Waals surface area contributed by atoms with Gasteiger partial charge in [0, 0.05) is 27.4 Å². The van der Waals surface area contributed by atoms with Crippen LogP contribution in [0.2, 0.25) is 0 Å². The minimum Gasteiger partial charge on any atom is -0.396 e. The quantitative estimate of drug-likeness (QED) is 0.570. The molecule has 3 heteroatoms. The second-order valence-electron chi connectivity index (χ2n) is 1.92. The SMILES string of the molecule is COC.OCCCCCO. The minimum absolute atomic E-state index is 0.250. The first-order valence-corrected chi connectivity index (χ1v) is 3.45. The fourth-order valence-corrected chi connectivity index (χ4v) is 0.400. The standard InChI is InChI=1S/C5H12O2.C2H6O/c6-4-2-1-3-5-7;1-3-2/h6-7H,1-5H2;1-2H3. The van der Waals surface area contributed by atoms with Crippen molar-refractivity contribution in [1.82, 2.24) is 0 Å². The fourth-order valence-electron chi connectivity index (χ4n) is 0.400. The van der Waals surface area contributed by atoms with Crippen molar-refractivity contribution in [2.45, 2.75) is 19.3 Å². The van der Waals surface area contributed by atoms with Crippen LogP contribution in [-0.4, -0.2) is 37.6 Å². The molecular weight excluding hydrogens is 132 g/mol. The number of hydrogen-bond acceptors (Lipinski definition) is 3. The van der Waals surface area contributed by atoms with Gasteiger partial charge in [0.2, 0.25) is 0 Å². The molecule has 0 radical (unpaired) electrons. The van der Waals surface area contributed by atoms with Crippen LogP contribution in [0.1, 0.15) is 19.3 Å². The van der Waals surface area contributed by atoms with E-state index in [0.29, 0.717) is 0 Å². The van der Waals surface area contributed by atoms with Gasteiger partial charge < -0.3 is 14.9 Å². The highest BCUT2D eigenvalue weighted by atomic mass is 16.4. The first-order chi connectivity index (χ1) is 4.83. The summed E-state index contributed by atoms with van der Waals surface area (Å²) in [7, 11) is 3.25. The lowest BCUT2D eigenvalue weighted by atomic mass is 10.2.